The molecule has 1 aliphatic rings. The van der Waals surface area contributed by atoms with Crippen molar-refractivity contribution in [2.24, 2.45) is 5.41 Å². The quantitative estimate of drug-likeness (QED) is 0.879. The maximum atomic E-state index is 12.4. The molecule has 1 fully saturated rings. The third kappa shape index (κ3) is 3.35. The zero-order valence-electron chi connectivity index (χ0n) is 12.8. The van der Waals surface area contributed by atoms with Gasteiger partial charge in [0, 0.05) is 18.8 Å². The fraction of sp³-hybridized carbons (Fsp3) is 0.500. The van der Waals surface area contributed by atoms with Crippen molar-refractivity contribution in [3.63, 3.8) is 0 Å². The second-order valence-electron chi connectivity index (χ2n) is 6.14. The van der Waals surface area contributed by atoms with Crippen molar-refractivity contribution in [2.75, 3.05) is 18.4 Å². The van der Waals surface area contributed by atoms with Crippen molar-refractivity contribution in [3.8, 4) is 0 Å². The number of carbonyl (C=O) groups is 2. The lowest BCUT2D eigenvalue weighted by Gasteiger charge is -2.37. The summed E-state index contributed by atoms with van der Waals surface area (Å²) >= 11 is 0. The minimum atomic E-state index is -0.850. The van der Waals surface area contributed by atoms with Crippen LogP contribution in [-0.4, -0.2) is 35.1 Å². The lowest BCUT2D eigenvalue weighted by Crippen LogP contribution is -2.49. The minimum Gasteiger partial charge on any atom is -0.481 e. The van der Waals surface area contributed by atoms with E-state index in [0.717, 1.165) is 16.8 Å². The van der Waals surface area contributed by atoms with Gasteiger partial charge in [-0.05, 0) is 50.8 Å². The first-order chi connectivity index (χ1) is 9.82. The molecule has 5 nitrogen and oxygen atoms in total. The predicted molar refractivity (Wildman–Crippen MR) is 81.5 cm³/mol. The van der Waals surface area contributed by atoms with Gasteiger partial charge in [-0.15, -0.1) is 0 Å². The highest BCUT2D eigenvalue weighted by molar-refractivity contribution is 5.91. The summed E-state index contributed by atoms with van der Waals surface area (Å²) in [5.74, 6) is -0.841. The fourth-order valence-corrected chi connectivity index (χ4v) is 2.65. The average Bonchev–Trinajstić information content (AvgIpc) is 2.42. The molecule has 0 bridgehead atoms. The number of nitrogens with zero attached hydrogens (tertiary/aromatic N) is 1. The van der Waals surface area contributed by atoms with E-state index in [1.54, 1.807) is 11.8 Å². The molecule has 2 N–H and O–H groups in total. The molecule has 1 aliphatic heterocycles. The maximum absolute atomic E-state index is 12.4. The number of benzene rings is 1. The summed E-state index contributed by atoms with van der Waals surface area (Å²) in [7, 11) is 0. The summed E-state index contributed by atoms with van der Waals surface area (Å²) in [5, 5.41) is 12.2. The van der Waals surface area contributed by atoms with E-state index in [2.05, 4.69) is 5.32 Å². The van der Waals surface area contributed by atoms with Crippen LogP contribution in [0.25, 0.3) is 0 Å². The number of amides is 2. The Hall–Kier alpha value is -2.04. The number of hydrogen-bond acceptors (Lipinski definition) is 2. The molecule has 0 aliphatic carbocycles. The Morgan fingerprint density at radius 2 is 2.05 bits per heavy atom. The third-order valence-electron chi connectivity index (χ3n) is 4.13. The van der Waals surface area contributed by atoms with Crippen molar-refractivity contribution in [3.05, 3.63) is 29.3 Å². The van der Waals surface area contributed by atoms with E-state index in [9.17, 15) is 14.7 Å². The first-order valence-electron chi connectivity index (χ1n) is 7.18. The van der Waals surface area contributed by atoms with Gasteiger partial charge in [-0.2, -0.15) is 0 Å². The van der Waals surface area contributed by atoms with Crippen molar-refractivity contribution >= 4 is 17.7 Å². The van der Waals surface area contributed by atoms with Crippen molar-refractivity contribution < 1.29 is 14.7 Å². The largest absolute Gasteiger partial charge is 0.481 e. The smallest absolute Gasteiger partial charge is 0.321 e. The molecule has 2 rings (SSSR count). The second kappa shape index (κ2) is 5.76. The first-order valence-corrected chi connectivity index (χ1v) is 7.18. The molecule has 5 heteroatoms. The Balaban J connectivity index is 2.10. The number of aryl methyl sites for hydroxylation is 2. The van der Waals surface area contributed by atoms with Gasteiger partial charge in [0.05, 0.1) is 5.41 Å². The van der Waals surface area contributed by atoms with Crippen LogP contribution in [0.3, 0.4) is 0 Å². The van der Waals surface area contributed by atoms with Crippen molar-refractivity contribution in [1.82, 2.24) is 4.90 Å². The minimum absolute atomic E-state index is 0.226. The summed E-state index contributed by atoms with van der Waals surface area (Å²) in [5.41, 5.74) is 2.00. The van der Waals surface area contributed by atoms with Gasteiger partial charge in [0.25, 0.3) is 0 Å². The van der Waals surface area contributed by atoms with Gasteiger partial charge in [0.2, 0.25) is 0 Å². The van der Waals surface area contributed by atoms with Crippen molar-refractivity contribution in [1.29, 1.82) is 0 Å². The monoisotopic (exact) mass is 290 g/mol. The van der Waals surface area contributed by atoms with E-state index in [1.807, 2.05) is 32.0 Å². The van der Waals surface area contributed by atoms with Gasteiger partial charge < -0.3 is 15.3 Å². The zero-order valence-corrected chi connectivity index (χ0v) is 12.8. The molecule has 0 spiro atoms. The molecule has 21 heavy (non-hydrogen) atoms. The van der Waals surface area contributed by atoms with Gasteiger partial charge in [-0.25, -0.2) is 4.79 Å². The van der Waals surface area contributed by atoms with E-state index in [0.29, 0.717) is 19.4 Å². The van der Waals surface area contributed by atoms with Gasteiger partial charge >= 0.3 is 12.0 Å². The summed E-state index contributed by atoms with van der Waals surface area (Å²) in [6.07, 6.45) is 1.32. The number of aliphatic carboxylic acids is 1. The number of carboxylic acid groups (broad SMARTS) is 1. The highest BCUT2D eigenvalue weighted by Crippen LogP contribution is 2.30. The van der Waals surface area contributed by atoms with Crippen molar-refractivity contribution in [2.45, 2.75) is 33.6 Å². The number of carbonyl (C=O) groups excluding carboxylic acids is 1. The molecule has 1 unspecified atom stereocenters. The van der Waals surface area contributed by atoms with Crippen LogP contribution in [0, 0.1) is 19.3 Å². The summed E-state index contributed by atoms with van der Waals surface area (Å²) < 4.78 is 0. The van der Waals surface area contributed by atoms with Crippen LogP contribution in [0.2, 0.25) is 0 Å². The molecule has 1 aromatic carbocycles. The van der Waals surface area contributed by atoms with Gasteiger partial charge in [0.1, 0.15) is 0 Å². The van der Waals surface area contributed by atoms with Crippen LogP contribution in [0.1, 0.15) is 30.9 Å². The Kier molecular flexibility index (Phi) is 4.21. The van der Waals surface area contributed by atoms with Crippen LogP contribution in [0.5, 0.6) is 0 Å². The lowest BCUT2D eigenvalue weighted by atomic mass is 9.82. The number of likely N-dealkylation sites (tertiary alicyclic amines) is 1. The van der Waals surface area contributed by atoms with Crippen LogP contribution in [0.15, 0.2) is 18.2 Å². The molecule has 0 saturated carbocycles. The van der Waals surface area contributed by atoms with Crippen LogP contribution >= 0.6 is 0 Å². The number of urea groups is 1. The molecule has 1 atom stereocenters. The highest BCUT2D eigenvalue weighted by Gasteiger charge is 2.39. The van der Waals surface area contributed by atoms with Gasteiger partial charge in [-0.1, -0.05) is 12.1 Å². The van der Waals surface area contributed by atoms with Gasteiger partial charge in [-0.3, -0.25) is 4.79 Å². The number of piperidine rings is 1. The lowest BCUT2D eigenvalue weighted by molar-refractivity contribution is -0.150. The number of rotatable bonds is 2. The number of carboxylic acids is 1. The average molecular weight is 290 g/mol. The molecule has 2 amide bonds. The predicted octanol–water partition coefficient (Wildman–Crippen LogP) is 3.02. The van der Waals surface area contributed by atoms with Crippen LogP contribution in [-0.2, 0) is 4.79 Å². The fourth-order valence-electron chi connectivity index (χ4n) is 2.65. The molecule has 0 aromatic heterocycles. The Morgan fingerprint density at radius 3 is 2.71 bits per heavy atom. The SMILES string of the molecule is Cc1ccc(C)c(NC(=O)N2CCCC(C)(C(=O)O)C2)c1. The number of nitrogens with one attached hydrogen (secondary N) is 1. The number of hydrogen-bond donors (Lipinski definition) is 2. The topological polar surface area (TPSA) is 69.6 Å². The zero-order chi connectivity index (χ0) is 15.6. The molecule has 1 aromatic rings. The summed E-state index contributed by atoms with van der Waals surface area (Å²) in [4.78, 5) is 25.3. The van der Waals surface area contributed by atoms with E-state index in [1.165, 1.54) is 0 Å². The Labute approximate surface area is 125 Å². The second-order valence-corrected chi connectivity index (χ2v) is 6.14. The van der Waals surface area contributed by atoms with E-state index < -0.39 is 11.4 Å². The molecule has 114 valence electrons. The van der Waals surface area contributed by atoms with E-state index >= 15 is 0 Å². The van der Waals surface area contributed by atoms with E-state index in [4.69, 9.17) is 0 Å². The molecule has 1 saturated heterocycles. The van der Waals surface area contributed by atoms with Crippen LogP contribution in [0.4, 0.5) is 10.5 Å². The normalized spacial score (nSPS) is 22.0. The van der Waals surface area contributed by atoms with E-state index in [-0.39, 0.29) is 12.6 Å². The van der Waals surface area contributed by atoms with Gasteiger partial charge in [0.15, 0.2) is 0 Å². The first kappa shape index (κ1) is 15.4. The third-order valence-corrected chi connectivity index (χ3v) is 4.13. The molecular formula is C16H22N2O3. The highest BCUT2D eigenvalue weighted by atomic mass is 16.4. The molecule has 1 heterocycles. The summed E-state index contributed by atoms with van der Waals surface area (Å²) in [6, 6.07) is 5.65. The maximum Gasteiger partial charge on any atom is 0.321 e. The standard InChI is InChI=1S/C16H22N2O3/c1-11-5-6-12(2)13(9-11)17-15(21)18-8-4-7-16(3,10-18)14(19)20/h5-6,9H,4,7-8,10H2,1-3H3,(H,17,21)(H,19,20). The Bertz CT molecular complexity index is 571. The summed E-state index contributed by atoms with van der Waals surface area (Å²) in [6.45, 7) is 6.45. The molecule has 0 radical (unpaired) electrons. The number of anilines is 1. The Morgan fingerprint density at radius 1 is 1.33 bits per heavy atom. The molecular weight excluding hydrogens is 268 g/mol. The van der Waals surface area contributed by atoms with Crippen LogP contribution < -0.4 is 5.32 Å².